The molecule has 2 aromatic heterocycles. The van der Waals surface area contributed by atoms with E-state index in [0.29, 0.717) is 27.0 Å². The summed E-state index contributed by atoms with van der Waals surface area (Å²) in [5.74, 6) is -0.305. The van der Waals surface area contributed by atoms with Crippen LogP contribution in [-0.2, 0) is 16.1 Å². The van der Waals surface area contributed by atoms with E-state index in [1.807, 2.05) is 6.92 Å². The molecule has 0 bridgehead atoms. The Morgan fingerprint density at radius 1 is 1.13 bits per heavy atom. The van der Waals surface area contributed by atoms with Crippen LogP contribution in [0.4, 0.5) is 11.5 Å². The fourth-order valence-corrected chi connectivity index (χ4v) is 3.28. The van der Waals surface area contributed by atoms with Gasteiger partial charge in [0, 0.05) is 19.1 Å². The van der Waals surface area contributed by atoms with E-state index in [4.69, 9.17) is 4.74 Å². The van der Waals surface area contributed by atoms with Gasteiger partial charge in [0.15, 0.2) is 0 Å². The second kappa shape index (κ2) is 7.47. The van der Waals surface area contributed by atoms with Gasteiger partial charge in [-0.25, -0.2) is 14.7 Å². The van der Waals surface area contributed by atoms with E-state index in [0.717, 1.165) is 10.3 Å². The number of nitrogens with zero attached hydrogens (tertiary/aromatic N) is 5. The molecule has 4 rings (SSSR count). The van der Waals surface area contributed by atoms with Gasteiger partial charge in [0.25, 0.3) is 11.2 Å². The molecule has 0 unspecified atom stereocenters. The molecule has 1 N–H and O–H groups in total. The van der Waals surface area contributed by atoms with Gasteiger partial charge in [-0.2, -0.15) is 4.73 Å². The first-order valence-corrected chi connectivity index (χ1v) is 9.41. The first kappa shape index (κ1) is 19.4. The van der Waals surface area contributed by atoms with Crippen LogP contribution in [-0.4, -0.2) is 27.6 Å². The molecule has 10 heteroatoms. The van der Waals surface area contributed by atoms with E-state index in [9.17, 15) is 15.2 Å². The smallest absolute Gasteiger partial charge is 0.352 e. The highest BCUT2D eigenvalue weighted by atomic mass is 16.5. The Morgan fingerprint density at radius 2 is 1.93 bits per heavy atom. The number of aryl methyl sites for hydroxylation is 1. The standard InChI is InChI=1S/C20H20N6O4/c1-4-30-19(27)11-24-17-10-14(6-7-15(17)22-23-24)21-20-13(3)25(28)16-8-5-12(2)9-18(16)26(20)29/h5-10,21H,4,11H2,1-3H3. The number of anilines is 2. The monoisotopic (exact) mass is 408 g/mol. The van der Waals surface area contributed by atoms with E-state index in [-0.39, 0.29) is 30.2 Å². The Kier molecular flexibility index (Phi) is 4.82. The van der Waals surface area contributed by atoms with Gasteiger partial charge in [-0.05, 0) is 37.6 Å². The minimum atomic E-state index is -0.423. The summed E-state index contributed by atoms with van der Waals surface area (Å²) in [4.78, 5) is 11.8. The third-order valence-electron chi connectivity index (χ3n) is 4.78. The van der Waals surface area contributed by atoms with Gasteiger partial charge in [-0.15, -0.1) is 5.10 Å². The van der Waals surface area contributed by atoms with Crippen molar-refractivity contribution in [3.8, 4) is 0 Å². The summed E-state index contributed by atoms with van der Waals surface area (Å²) in [6.45, 7) is 5.36. The van der Waals surface area contributed by atoms with Crippen molar-refractivity contribution < 1.29 is 19.0 Å². The molecule has 0 saturated carbocycles. The van der Waals surface area contributed by atoms with Crippen LogP contribution in [0.1, 0.15) is 18.2 Å². The molecule has 30 heavy (non-hydrogen) atoms. The molecule has 2 aromatic carbocycles. The molecular formula is C20H20N6O4. The predicted molar refractivity (Wildman–Crippen MR) is 109 cm³/mol. The lowest BCUT2D eigenvalue weighted by Gasteiger charge is -2.14. The summed E-state index contributed by atoms with van der Waals surface area (Å²) in [6, 6.07) is 10.2. The molecule has 0 radical (unpaired) electrons. The van der Waals surface area contributed by atoms with E-state index < -0.39 is 5.97 Å². The Morgan fingerprint density at radius 3 is 2.70 bits per heavy atom. The van der Waals surface area contributed by atoms with Gasteiger partial charge in [0.1, 0.15) is 17.7 Å². The lowest BCUT2D eigenvalue weighted by molar-refractivity contribution is -0.623. The van der Waals surface area contributed by atoms with Gasteiger partial charge < -0.3 is 15.2 Å². The molecule has 0 atom stereocenters. The maximum absolute atomic E-state index is 13.0. The molecule has 2 heterocycles. The zero-order valence-corrected chi connectivity index (χ0v) is 16.7. The summed E-state index contributed by atoms with van der Waals surface area (Å²) in [7, 11) is 0. The number of ether oxygens (including phenoxy) is 1. The molecular weight excluding hydrogens is 388 g/mol. The Hall–Kier alpha value is -3.95. The molecule has 154 valence electrons. The summed E-state index contributed by atoms with van der Waals surface area (Å²) < 4.78 is 7.83. The molecule has 10 nitrogen and oxygen atoms in total. The number of carbonyl (C=O) groups excluding carboxylic acids is 1. The molecule has 0 aliphatic heterocycles. The van der Waals surface area contributed by atoms with Crippen LogP contribution >= 0.6 is 0 Å². The van der Waals surface area contributed by atoms with Crippen LogP contribution in [0.5, 0.6) is 0 Å². The number of hydrogen-bond donors (Lipinski definition) is 1. The number of aromatic nitrogens is 5. The number of carbonyl (C=O) groups is 1. The van der Waals surface area contributed by atoms with Gasteiger partial charge >= 0.3 is 11.8 Å². The summed E-state index contributed by atoms with van der Waals surface area (Å²) in [5.41, 5.74) is 3.41. The minimum Gasteiger partial charge on any atom is -0.710 e. The third-order valence-corrected chi connectivity index (χ3v) is 4.78. The summed E-state index contributed by atoms with van der Waals surface area (Å²) in [6.07, 6.45) is 0. The third kappa shape index (κ3) is 3.32. The van der Waals surface area contributed by atoms with Gasteiger partial charge in [-0.1, -0.05) is 11.3 Å². The maximum atomic E-state index is 13.0. The van der Waals surface area contributed by atoms with Gasteiger partial charge in [0.2, 0.25) is 5.52 Å². The molecule has 0 amide bonds. The van der Waals surface area contributed by atoms with E-state index in [1.165, 1.54) is 4.68 Å². The summed E-state index contributed by atoms with van der Waals surface area (Å²) in [5, 5.41) is 36.7. The van der Waals surface area contributed by atoms with Crippen LogP contribution in [0.25, 0.3) is 22.1 Å². The second-order valence-electron chi connectivity index (χ2n) is 6.90. The van der Waals surface area contributed by atoms with Crippen LogP contribution in [0.2, 0.25) is 0 Å². The van der Waals surface area contributed by atoms with Crippen molar-refractivity contribution in [2.75, 3.05) is 11.9 Å². The van der Waals surface area contributed by atoms with E-state index in [1.54, 1.807) is 50.2 Å². The molecule has 0 aliphatic carbocycles. The van der Waals surface area contributed by atoms with Crippen molar-refractivity contribution in [1.29, 1.82) is 0 Å². The van der Waals surface area contributed by atoms with Crippen molar-refractivity contribution in [3.63, 3.8) is 0 Å². The van der Waals surface area contributed by atoms with Gasteiger partial charge in [0.05, 0.1) is 12.1 Å². The number of hydrogen-bond acceptors (Lipinski definition) is 7. The normalized spacial score (nSPS) is 11.2. The Labute approximate surface area is 171 Å². The molecule has 4 aromatic rings. The van der Waals surface area contributed by atoms with Crippen molar-refractivity contribution in [1.82, 2.24) is 15.0 Å². The van der Waals surface area contributed by atoms with Crippen molar-refractivity contribution in [2.24, 2.45) is 0 Å². The van der Waals surface area contributed by atoms with Crippen LogP contribution < -0.4 is 14.8 Å². The highest BCUT2D eigenvalue weighted by molar-refractivity contribution is 5.81. The largest absolute Gasteiger partial charge is 0.710 e. The first-order valence-electron chi connectivity index (χ1n) is 9.41. The number of fused-ring (bicyclic) bond motifs is 2. The average Bonchev–Trinajstić information content (AvgIpc) is 3.11. The topological polar surface area (TPSA) is 123 Å². The second-order valence-corrected chi connectivity index (χ2v) is 6.90. The average molecular weight is 408 g/mol. The van der Waals surface area contributed by atoms with E-state index in [2.05, 4.69) is 15.6 Å². The zero-order valence-electron chi connectivity index (χ0n) is 16.7. The lowest BCUT2D eigenvalue weighted by atomic mass is 10.2. The number of nitrogens with one attached hydrogen (secondary N) is 1. The fraction of sp³-hybridized carbons (Fsp3) is 0.250. The molecule has 0 fully saturated rings. The quantitative estimate of drug-likeness (QED) is 0.303. The van der Waals surface area contributed by atoms with Crippen molar-refractivity contribution in [2.45, 2.75) is 27.3 Å². The highest BCUT2D eigenvalue weighted by Gasteiger charge is 2.24. The fourth-order valence-electron chi connectivity index (χ4n) is 3.28. The lowest BCUT2D eigenvalue weighted by Crippen LogP contribution is -2.43. The predicted octanol–water partition coefficient (Wildman–Crippen LogP) is 1.77. The highest BCUT2D eigenvalue weighted by Crippen LogP contribution is 2.22. The first-order chi connectivity index (χ1) is 14.4. The number of benzene rings is 2. The number of esters is 1. The number of rotatable bonds is 5. The van der Waals surface area contributed by atoms with Crippen molar-refractivity contribution >= 4 is 39.5 Å². The molecule has 0 saturated heterocycles. The zero-order chi connectivity index (χ0) is 21.4. The van der Waals surface area contributed by atoms with Crippen LogP contribution in [0.3, 0.4) is 0 Å². The Balaban J connectivity index is 1.75. The Bertz CT molecular complexity index is 1280. The van der Waals surface area contributed by atoms with Crippen LogP contribution in [0.15, 0.2) is 36.4 Å². The van der Waals surface area contributed by atoms with Crippen molar-refractivity contribution in [3.05, 3.63) is 58.1 Å². The minimum absolute atomic E-state index is 0.0792. The van der Waals surface area contributed by atoms with Gasteiger partial charge in [-0.3, -0.25) is 4.79 Å². The van der Waals surface area contributed by atoms with E-state index >= 15 is 0 Å². The van der Waals surface area contributed by atoms with Crippen LogP contribution in [0, 0.1) is 24.3 Å². The summed E-state index contributed by atoms with van der Waals surface area (Å²) >= 11 is 0. The molecule has 0 spiro atoms. The molecule has 0 aliphatic rings. The SMILES string of the molecule is CCOC(=O)Cn1nnc2ccc(Nc3c(C)[n+]([O-])c4ccc(C)cc4[n+]3[O-])cc21. The maximum Gasteiger partial charge on any atom is 0.352 e.